The molecule has 0 saturated carbocycles. The fourth-order valence-corrected chi connectivity index (χ4v) is 5.28. The van der Waals surface area contributed by atoms with E-state index < -0.39 is 27.4 Å². The molecule has 0 spiro atoms. The molecule has 0 aromatic heterocycles. The number of piperidine rings is 1. The Labute approximate surface area is 221 Å². The molecule has 1 aliphatic heterocycles. The van der Waals surface area contributed by atoms with Crippen LogP contribution >= 0.6 is 0 Å². The quantitative estimate of drug-likeness (QED) is 0.343. The fourth-order valence-electron chi connectivity index (χ4n) is 3.81. The lowest BCUT2D eigenvalue weighted by Crippen LogP contribution is -2.53. The Balaban J connectivity index is 1.51. The predicted molar refractivity (Wildman–Crippen MR) is 136 cm³/mol. The van der Waals surface area contributed by atoms with Gasteiger partial charge < -0.3 is 20.1 Å². The van der Waals surface area contributed by atoms with Gasteiger partial charge in [0.05, 0.1) is 17.0 Å². The van der Waals surface area contributed by atoms with Crippen molar-refractivity contribution in [2.75, 3.05) is 26.2 Å². The summed E-state index contributed by atoms with van der Waals surface area (Å²) in [7, 11) is -3.79. The van der Waals surface area contributed by atoms with E-state index in [4.69, 9.17) is 9.47 Å². The van der Waals surface area contributed by atoms with Gasteiger partial charge in [0, 0.05) is 26.1 Å². The summed E-state index contributed by atoms with van der Waals surface area (Å²) in [5.41, 5.74) is -1.02. The average molecular weight is 550 g/mol. The SMILES string of the molecule is CC(=O)NCCOC(=O)c1ccc(S(=O)(=O)N2CCC(NC(=O)C(C)(C)Oc3ccc(F)cc3)CC2)cc1. The Bertz CT molecular complexity index is 1240. The normalized spacial score (nSPS) is 14.9. The summed E-state index contributed by atoms with van der Waals surface area (Å²) in [5.74, 6) is -1.27. The first-order valence-corrected chi connectivity index (χ1v) is 13.6. The molecular formula is C26H32FN3O7S. The van der Waals surface area contributed by atoms with Crippen molar-refractivity contribution >= 4 is 27.8 Å². The van der Waals surface area contributed by atoms with E-state index in [2.05, 4.69) is 10.6 Å². The lowest BCUT2D eigenvalue weighted by molar-refractivity contribution is -0.135. The molecule has 0 radical (unpaired) electrons. The van der Waals surface area contributed by atoms with E-state index in [1.165, 1.54) is 59.8 Å². The third-order valence-corrected chi connectivity index (χ3v) is 7.87. The number of carbonyl (C=O) groups excluding carboxylic acids is 3. The smallest absolute Gasteiger partial charge is 0.338 e. The van der Waals surface area contributed by atoms with Crippen molar-refractivity contribution in [2.45, 2.75) is 50.2 Å². The Hall–Kier alpha value is -3.51. The summed E-state index contributed by atoms with van der Waals surface area (Å²) >= 11 is 0. The van der Waals surface area contributed by atoms with E-state index in [0.717, 1.165) is 0 Å². The maximum atomic E-state index is 13.1. The van der Waals surface area contributed by atoms with Crippen LogP contribution in [0.2, 0.25) is 0 Å². The van der Waals surface area contributed by atoms with Crippen molar-refractivity contribution in [3.05, 3.63) is 59.9 Å². The summed E-state index contributed by atoms with van der Waals surface area (Å²) in [5, 5.41) is 5.42. The maximum Gasteiger partial charge on any atom is 0.338 e. The van der Waals surface area contributed by atoms with Crippen LogP contribution in [0, 0.1) is 5.82 Å². The average Bonchev–Trinajstić information content (AvgIpc) is 2.88. The Morgan fingerprint density at radius 2 is 1.63 bits per heavy atom. The zero-order chi connectivity index (χ0) is 27.9. The van der Waals surface area contributed by atoms with Gasteiger partial charge in [-0.25, -0.2) is 17.6 Å². The van der Waals surface area contributed by atoms with Gasteiger partial charge in [-0.2, -0.15) is 4.31 Å². The Morgan fingerprint density at radius 1 is 1.03 bits per heavy atom. The lowest BCUT2D eigenvalue weighted by Gasteiger charge is -2.34. The molecule has 2 N–H and O–H groups in total. The van der Waals surface area contributed by atoms with Gasteiger partial charge in [0.25, 0.3) is 5.91 Å². The molecule has 12 heteroatoms. The summed E-state index contributed by atoms with van der Waals surface area (Å²) in [6.45, 7) is 5.16. The summed E-state index contributed by atoms with van der Waals surface area (Å²) < 4.78 is 51.4. The van der Waals surface area contributed by atoms with Gasteiger partial charge in [-0.3, -0.25) is 9.59 Å². The van der Waals surface area contributed by atoms with Gasteiger partial charge in [0.2, 0.25) is 15.9 Å². The summed E-state index contributed by atoms with van der Waals surface area (Å²) in [4.78, 5) is 35.8. The van der Waals surface area contributed by atoms with Crippen LogP contribution in [-0.4, -0.2) is 68.4 Å². The third-order valence-electron chi connectivity index (χ3n) is 5.96. The van der Waals surface area contributed by atoms with Crippen molar-refractivity contribution in [2.24, 2.45) is 0 Å². The van der Waals surface area contributed by atoms with Crippen molar-refractivity contribution < 1.29 is 36.7 Å². The highest BCUT2D eigenvalue weighted by Crippen LogP contribution is 2.23. The molecule has 10 nitrogen and oxygen atoms in total. The van der Waals surface area contributed by atoms with Gasteiger partial charge in [-0.1, -0.05) is 0 Å². The minimum absolute atomic E-state index is 0.000504. The summed E-state index contributed by atoms with van der Waals surface area (Å²) in [6.07, 6.45) is 0.826. The molecule has 1 aliphatic rings. The monoisotopic (exact) mass is 549 g/mol. The number of sulfonamides is 1. The number of nitrogens with one attached hydrogen (secondary N) is 2. The standard InChI is InChI=1S/C26H32FN3O7S/c1-18(31)28-14-17-36-24(32)19-4-10-23(11-5-19)38(34,35)30-15-12-21(13-16-30)29-25(33)26(2,3)37-22-8-6-20(27)7-9-22/h4-11,21H,12-17H2,1-3H3,(H,28,31)(H,29,33). The van der Waals surface area contributed by atoms with E-state index in [0.29, 0.717) is 18.6 Å². The number of nitrogens with zero attached hydrogens (tertiary/aromatic N) is 1. The topological polar surface area (TPSA) is 131 Å². The zero-order valence-corrected chi connectivity index (χ0v) is 22.3. The van der Waals surface area contributed by atoms with E-state index in [-0.39, 0.29) is 54.6 Å². The molecule has 3 rings (SSSR count). The number of benzene rings is 2. The van der Waals surface area contributed by atoms with Crippen LogP contribution < -0.4 is 15.4 Å². The molecule has 1 heterocycles. The van der Waals surface area contributed by atoms with Gasteiger partial charge >= 0.3 is 5.97 Å². The van der Waals surface area contributed by atoms with Crippen LogP contribution in [-0.2, 0) is 24.3 Å². The molecule has 0 atom stereocenters. The Kier molecular flexibility index (Phi) is 9.45. The fraction of sp³-hybridized carbons (Fsp3) is 0.423. The number of ether oxygens (including phenoxy) is 2. The highest BCUT2D eigenvalue weighted by Gasteiger charge is 2.34. The van der Waals surface area contributed by atoms with Gasteiger partial charge in [0.1, 0.15) is 18.2 Å². The molecule has 38 heavy (non-hydrogen) atoms. The van der Waals surface area contributed by atoms with Crippen molar-refractivity contribution in [1.82, 2.24) is 14.9 Å². The zero-order valence-electron chi connectivity index (χ0n) is 21.5. The van der Waals surface area contributed by atoms with Crippen LogP contribution in [0.25, 0.3) is 0 Å². The Morgan fingerprint density at radius 3 is 2.21 bits per heavy atom. The third kappa shape index (κ3) is 7.75. The molecule has 0 unspecified atom stereocenters. The van der Waals surface area contributed by atoms with Crippen LogP contribution in [0.5, 0.6) is 5.75 Å². The van der Waals surface area contributed by atoms with Crippen LogP contribution in [0.4, 0.5) is 4.39 Å². The molecule has 2 aromatic rings. The van der Waals surface area contributed by atoms with Gasteiger partial charge in [0.15, 0.2) is 5.60 Å². The van der Waals surface area contributed by atoms with E-state index in [9.17, 15) is 27.2 Å². The molecule has 1 fully saturated rings. The van der Waals surface area contributed by atoms with Crippen molar-refractivity contribution in [3.63, 3.8) is 0 Å². The highest BCUT2D eigenvalue weighted by atomic mass is 32.2. The second-order valence-electron chi connectivity index (χ2n) is 9.36. The van der Waals surface area contributed by atoms with E-state index in [1.807, 2.05) is 0 Å². The second-order valence-corrected chi connectivity index (χ2v) is 11.3. The van der Waals surface area contributed by atoms with E-state index in [1.54, 1.807) is 13.8 Å². The van der Waals surface area contributed by atoms with Gasteiger partial charge in [-0.15, -0.1) is 0 Å². The highest BCUT2D eigenvalue weighted by molar-refractivity contribution is 7.89. The molecular weight excluding hydrogens is 517 g/mol. The molecule has 1 saturated heterocycles. The number of hydrogen-bond acceptors (Lipinski definition) is 7. The summed E-state index contributed by atoms with van der Waals surface area (Å²) in [6, 6.07) is 10.6. The van der Waals surface area contributed by atoms with Crippen LogP contribution in [0.3, 0.4) is 0 Å². The number of hydrogen-bond donors (Lipinski definition) is 2. The van der Waals surface area contributed by atoms with Gasteiger partial charge in [-0.05, 0) is 75.2 Å². The minimum atomic E-state index is -3.79. The molecule has 0 bridgehead atoms. The molecule has 2 amide bonds. The first kappa shape index (κ1) is 29.1. The first-order chi connectivity index (χ1) is 17.9. The van der Waals surface area contributed by atoms with E-state index >= 15 is 0 Å². The largest absolute Gasteiger partial charge is 0.478 e. The minimum Gasteiger partial charge on any atom is -0.478 e. The number of halogens is 1. The van der Waals surface area contributed by atoms with Crippen molar-refractivity contribution in [3.8, 4) is 5.75 Å². The number of carbonyl (C=O) groups is 3. The second kappa shape index (κ2) is 12.4. The van der Waals surface area contributed by atoms with Crippen LogP contribution in [0.1, 0.15) is 44.0 Å². The van der Waals surface area contributed by atoms with Crippen LogP contribution in [0.15, 0.2) is 53.4 Å². The first-order valence-electron chi connectivity index (χ1n) is 12.2. The van der Waals surface area contributed by atoms with Crippen molar-refractivity contribution in [1.29, 1.82) is 0 Å². The number of rotatable bonds is 10. The predicted octanol–water partition coefficient (Wildman–Crippen LogP) is 2.25. The molecule has 2 aromatic carbocycles. The maximum absolute atomic E-state index is 13.1. The number of amides is 2. The molecule has 206 valence electrons. The lowest BCUT2D eigenvalue weighted by atomic mass is 10.0. The molecule has 0 aliphatic carbocycles. The number of esters is 1.